The van der Waals surface area contributed by atoms with Gasteiger partial charge in [0, 0.05) is 0 Å². The maximum Gasteiger partial charge on any atom is 0.262 e. The van der Waals surface area contributed by atoms with Gasteiger partial charge >= 0.3 is 0 Å². The van der Waals surface area contributed by atoms with Crippen LogP contribution in [0.2, 0.25) is 0 Å². The predicted octanol–water partition coefficient (Wildman–Crippen LogP) is 2.20. The van der Waals surface area contributed by atoms with Gasteiger partial charge in [-0.2, -0.15) is 5.10 Å². The van der Waals surface area contributed by atoms with Gasteiger partial charge in [-0.1, -0.05) is 12.1 Å². The van der Waals surface area contributed by atoms with Crippen LogP contribution >= 0.6 is 0 Å². The second kappa shape index (κ2) is 9.17. The zero-order chi connectivity index (χ0) is 19.8. The first-order valence-electron chi connectivity index (χ1n) is 8.32. The van der Waals surface area contributed by atoms with Gasteiger partial charge < -0.3 is 19.5 Å². The van der Waals surface area contributed by atoms with Crippen molar-refractivity contribution in [3.8, 4) is 17.2 Å². The molecule has 3 rings (SSSR count). The summed E-state index contributed by atoms with van der Waals surface area (Å²) in [5, 5.41) is 14.3. The summed E-state index contributed by atoms with van der Waals surface area (Å²) in [6.45, 7) is -0.178. The highest BCUT2D eigenvalue weighted by Crippen LogP contribution is 2.28. The molecule has 0 spiro atoms. The first-order valence-corrected chi connectivity index (χ1v) is 8.32. The zero-order valence-electron chi connectivity index (χ0n) is 15.4. The lowest BCUT2D eigenvalue weighted by Crippen LogP contribution is -2.20. The summed E-state index contributed by atoms with van der Waals surface area (Å²) in [6.07, 6.45) is 4.58. The number of nitrogens with zero attached hydrogens (tertiary/aromatic N) is 4. The summed E-state index contributed by atoms with van der Waals surface area (Å²) in [5.41, 5.74) is 1.36. The number of nitrogens with one attached hydrogen (secondary N) is 1. The fraction of sp³-hybridized carbons (Fsp3) is 0.158. The molecule has 9 nitrogen and oxygen atoms in total. The lowest BCUT2D eigenvalue weighted by atomic mass is 10.2. The van der Waals surface area contributed by atoms with Crippen molar-refractivity contribution >= 4 is 17.8 Å². The molecule has 1 amide bonds. The third-order valence-corrected chi connectivity index (χ3v) is 3.67. The SMILES string of the molecule is COc1ccccc1NC(=O)COc1ccc(C=Nn2cnnc2)cc1OC. The van der Waals surface area contributed by atoms with Gasteiger partial charge in [0.05, 0.1) is 26.1 Å². The van der Waals surface area contributed by atoms with Crippen molar-refractivity contribution in [2.75, 3.05) is 26.1 Å². The molecule has 144 valence electrons. The van der Waals surface area contributed by atoms with Crippen molar-refractivity contribution in [3.05, 3.63) is 60.7 Å². The molecule has 0 aliphatic heterocycles. The highest BCUT2D eigenvalue weighted by Gasteiger charge is 2.10. The number of rotatable bonds is 8. The third kappa shape index (κ3) is 4.85. The Morgan fingerprint density at radius 3 is 2.57 bits per heavy atom. The van der Waals surface area contributed by atoms with Gasteiger partial charge in [-0.25, -0.2) is 4.68 Å². The Morgan fingerprint density at radius 2 is 1.82 bits per heavy atom. The van der Waals surface area contributed by atoms with Gasteiger partial charge in [-0.3, -0.25) is 4.79 Å². The number of carbonyl (C=O) groups excluding carboxylic acids is 1. The quantitative estimate of drug-likeness (QED) is 0.601. The first kappa shape index (κ1) is 18.9. The zero-order valence-corrected chi connectivity index (χ0v) is 15.4. The number of hydrogen-bond acceptors (Lipinski definition) is 7. The highest BCUT2D eigenvalue weighted by atomic mass is 16.5. The summed E-state index contributed by atoms with van der Waals surface area (Å²) < 4.78 is 17.6. The van der Waals surface area contributed by atoms with E-state index in [1.807, 2.05) is 12.1 Å². The molecule has 0 aliphatic carbocycles. The second-order valence-electron chi connectivity index (χ2n) is 5.53. The van der Waals surface area contributed by atoms with Crippen molar-refractivity contribution in [1.82, 2.24) is 14.9 Å². The number of anilines is 1. The van der Waals surface area contributed by atoms with Gasteiger partial charge in [0.25, 0.3) is 5.91 Å². The molecule has 0 radical (unpaired) electrons. The van der Waals surface area contributed by atoms with Gasteiger partial charge in [0.15, 0.2) is 18.1 Å². The van der Waals surface area contributed by atoms with Crippen LogP contribution in [0.5, 0.6) is 17.2 Å². The molecular formula is C19H19N5O4. The topological polar surface area (TPSA) is 99.9 Å². The monoisotopic (exact) mass is 381 g/mol. The molecule has 0 saturated heterocycles. The predicted molar refractivity (Wildman–Crippen MR) is 103 cm³/mol. The molecule has 0 atom stereocenters. The molecule has 0 bridgehead atoms. The number of carbonyl (C=O) groups is 1. The molecule has 0 saturated carbocycles. The van der Waals surface area contributed by atoms with E-state index in [-0.39, 0.29) is 12.5 Å². The number of para-hydroxylation sites is 2. The van der Waals surface area contributed by atoms with Crippen molar-refractivity contribution in [2.45, 2.75) is 0 Å². The second-order valence-corrected chi connectivity index (χ2v) is 5.53. The summed E-state index contributed by atoms with van der Waals surface area (Å²) in [5.74, 6) is 1.19. The summed E-state index contributed by atoms with van der Waals surface area (Å²) >= 11 is 0. The van der Waals surface area contributed by atoms with Crippen LogP contribution < -0.4 is 19.5 Å². The van der Waals surface area contributed by atoms with Crippen LogP contribution in [-0.4, -0.2) is 47.8 Å². The molecule has 0 fully saturated rings. The molecule has 1 N–H and O–H groups in total. The van der Waals surface area contributed by atoms with Crippen LogP contribution in [0.25, 0.3) is 0 Å². The average molecular weight is 381 g/mol. The maximum atomic E-state index is 12.2. The number of aromatic nitrogens is 3. The van der Waals surface area contributed by atoms with E-state index < -0.39 is 0 Å². The van der Waals surface area contributed by atoms with Gasteiger partial charge in [-0.05, 0) is 35.9 Å². The Balaban J connectivity index is 1.62. The third-order valence-electron chi connectivity index (χ3n) is 3.67. The van der Waals surface area contributed by atoms with E-state index in [2.05, 4.69) is 20.6 Å². The van der Waals surface area contributed by atoms with Crippen LogP contribution in [-0.2, 0) is 4.79 Å². The maximum absolute atomic E-state index is 12.2. The number of amides is 1. The molecule has 28 heavy (non-hydrogen) atoms. The molecule has 2 aromatic carbocycles. The van der Waals surface area contributed by atoms with Crippen LogP contribution in [0.1, 0.15) is 5.56 Å². The van der Waals surface area contributed by atoms with Crippen LogP contribution in [0, 0.1) is 0 Å². The van der Waals surface area contributed by atoms with Crippen molar-refractivity contribution in [1.29, 1.82) is 0 Å². The Bertz CT molecular complexity index is 957. The molecule has 1 heterocycles. The summed E-state index contributed by atoms with van der Waals surface area (Å²) in [7, 11) is 3.07. The average Bonchev–Trinajstić information content (AvgIpc) is 3.25. The van der Waals surface area contributed by atoms with Crippen LogP contribution in [0.3, 0.4) is 0 Å². The van der Waals surface area contributed by atoms with E-state index >= 15 is 0 Å². The lowest BCUT2D eigenvalue weighted by Gasteiger charge is -2.12. The molecule has 0 aliphatic rings. The molecule has 1 aromatic heterocycles. The van der Waals surface area contributed by atoms with Gasteiger partial charge in [0.1, 0.15) is 18.4 Å². The smallest absolute Gasteiger partial charge is 0.262 e. The van der Waals surface area contributed by atoms with E-state index in [0.717, 1.165) is 5.56 Å². The van der Waals surface area contributed by atoms with Crippen LogP contribution in [0.15, 0.2) is 60.2 Å². The lowest BCUT2D eigenvalue weighted by molar-refractivity contribution is -0.118. The van der Waals surface area contributed by atoms with Crippen LogP contribution in [0.4, 0.5) is 5.69 Å². The molecular weight excluding hydrogens is 362 g/mol. The van der Waals surface area contributed by atoms with Gasteiger partial charge in [0.2, 0.25) is 0 Å². The van der Waals surface area contributed by atoms with E-state index in [1.54, 1.807) is 43.7 Å². The van der Waals surface area contributed by atoms with E-state index in [0.29, 0.717) is 22.9 Å². The standard InChI is InChI=1S/C19H19N5O4/c1-26-16-6-4-3-5-15(16)23-19(25)11-28-17-8-7-14(9-18(17)27-2)10-22-24-12-20-21-13-24/h3-10,12-13H,11H2,1-2H3,(H,23,25). The van der Waals surface area contributed by atoms with Crippen molar-refractivity contribution in [2.24, 2.45) is 5.10 Å². The summed E-state index contributed by atoms with van der Waals surface area (Å²) in [4.78, 5) is 12.2. The minimum Gasteiger partial charge on any atom is -0.495 e. The number of benzene rings is 2. The fourth-order valence-corrected chi connectivity index (χ4v) is 2.35. The number of ether oxygens (including phenoxy) is 3. The highest BCUT2D eigenvalue weighted by molar-refractivity contribution is 5.93. The van der Waals surface area contributed by atoms with E-state index in [4.69, 9.17) is 14.2 Å². The largest absolute Gasteiger partial charge is 0.495 e. The Hall–Kier alpha value is -3.88. The van der Waals surface area contributed by atoms with Crippen molar-refractivity contribution in [3.63, 3.8) is 0 Å². The number of methoxy groups -OCH3 is 2. The Kier molecular flexibility index (Phi) is 6.19. The van der Waals surface area contributed by atoms with Crippen molar-refractivity contribution < 1.29 is 19.0 Å². The molecule has 9 heteroatoms. The normalized spacial score (nSPS) is 10.6. The first-order chi connectivity index (χ1) is 13.7. The minimum absolute atomic E-state index is 0.178. The number of hydrogen-bond donors (Lipinski definition) is 1. The summed E-state index contributed by atoms with van der Waals surface area (Å²) in [6, 6.07) is 12.4. The Morgan fingerprint density at radius 1 is 1.07 bits per heavy atom. The molecule has 0 unspecified atom stereocenters. The Labute approximate surface area is 161 Å². The molecule has 3 aromatic rings. The van der Waals surface area contributed by atoms with Gasteiger partial charge in [-0.15, -0.1) is 10.2 Å². The minimum atomic E-state index is -0.315. The fourth-order valence-electron chi connectivity index (χ4n) is 2.35. The van der Waals surface area contributed by atoms with E-state index in [9.17, 15) is 4.79 Å². The van der Waals surface area contributed by atoms with E-state index in [1.165, 1.54) is 24.4 Å².